The highest BCUT2D eigenvalue weighted by Crippen LogP contribution is 2.09. The summed E-state index contributed by atoms with van der Waals surface area (Å²) in [6.07, 6.45) is 3.73. The van der Waals surface area contributed by atoms with Crippen molar-refractivity contribution in [2.45, 2.75) is 6.92 Å². The topological polar surface area (TPSA) is 25.8 Å². The molecule has 59 valence electrons. The van der Waals surface area contributed by atoms with E-state index in [-0.39, 0.29) is 0 Å². The second-order valence-corrected chi connectivity index (χ2v) is 2.57. The molecule has 1 radical (unpaired) electrons. The first kappa shape index (κ1) is 7.22. The molecule has 0 aromatic carbocycles. The molecule has 2 aromatic heterocycles. The van der Waals surface area contributed by atoms with E-state index in [9.17, 15) is 0 Å². The van der Waals surface area contributed by atoms with E-state index in [0.717, 1.165) is 16.7 Å². The zero-order valence-corrected chi connectivity index (χ0v) is 6.86. The van der Waals surface area contributed by atoms with Gasteiger partial charge in [-0.3, -0.25) is 0 Å². The first-order chi connectivity index (χ1) is 5.90. The Bertz CT molecular complexity index is 396. The lowest BCUT2D eigenvalue weighted by molar-refractivity contribution is 1.20. The molecule has 2 aromatic rings. The molecule has 0 bridgehead atoms. The van der Waals surface area contributed by atoms with Crippen LogP contribution in [0.4, 0.5) is 0 Å². The van der Waals surface area contributed by atoms with Crippen molar-refractivity contribution >= 4 is 11.0 Å². The molecule has 0 saturated heterocycles. The Morgan fingerprint density at radius 1 is 1.25 bits per heavy atom. The minimum atomic E-state index is 0.813. The number of aromatic nitrogens is 2. The van der Waals surface area contributed by atoms with Crippen LogP contribution >= 0.6 is 0 Å². The predicted octanol–water partition coefficient (Wildman–Crippen LogP) is 2.20. The highest BCUT2D eigenvalue weighted by atomic mass is 14.8. The molecule has 2 nitrogen and oxygen atoms in total. The van der Waals surface area contributed by atoms with Gasteiger partial charge in [0.05, 0.1) is 0 Å². The standard InChI is InChI=1S/C10H9N2/c1-2-9-6-5-8-4-3-7-11-10(8)12-9/h2-7H,1H3. The Kier molecular flexibility index (Phi) is 1.74. The molecule has 0 fully saturated rings. The molecule has 2 heterocycles. The van der Waals surface area contributed by atoms with Crippen molar-refractivity contribution in [3.05, 3.63) is 42.6 Å². The monoisotopic (exact) mass is 157 g/mol. The third-order valence-corrected chi connectivity index (χ3v) is 1.78. The molecule has 2 heteroatoms. The van der Waals surface area contributed by atoms with E-state index in [1.165, 1.54) is 0 Å². The van der Waals surface area contributed by atoms with Crippen molar-refractivity contribution in [1.82, 2.24) is 9.97 Å². The number of fused-ring (bicyclic) bond motifs is 1. The molecule has 0 atom stereocenters. The Morgan fingerprint density at radius 2 is 2.17 bits per heavy atom. The van der Waals surface area contributed by atoms with Gasteiger partial charge in [0.1, 0.15) is 0 Å². The summed E-state index contributed by atoms with van der Waals surface area (Å²) in [6.45, 7) is 1.97. The number of nitrogens with zero attached hydrogens (tertiary/aromatic N) is 2. The van der Waals surface area contributed by atoms with Crippen molar-refractivity contribution < 1.29 is 0 Å². The van der Waals surface area contributed by atoms with Crippen LogP contribution in [0.2, 0.25) is 0 Å². The lowest BCUT2D eigenvalue weighted by Crippen LogP contribution is -1.87. The summed E-state index contributed by atoms with van der Waals surface area (Å²) in [6, 6.07) is 7.95. The SMILES string of the molecule is C[CH]c1ccc2cccnc2n1. The van der Waals surface area contributed by atoms with Gasteiger partial charge < -0.3 is 0 Å². The van der Waals surface area contributed by atoms with E-state index < -0.39 is 0 Å². The summed E-state index contributed by atoms with van der Waals surface area (Å²) >= 11 is 0. The van der Waals surface area contributed by atoms with Crippen LogP contribution in [0.5, 0.6) is 0 Å². The molecule has 0 aliphatic heterocycles. The lowest BCUT2D eigenvalue weighted by atomic mass is 10.2. The quantitative estimate of drug-likeness (QED) is 0.634. The van der Waals surface area contributed by atoms with Gasteiger partial charge in [0.15, 0.2) is 5.65 Å². The highest BCUT2D eigenvalue weighted by Gasteiger charge is 1.95. The summed E-state index contributed by atoms with van der Waals surface area (Å²) in [5.74, 6) is 0. The first-order valence-corrected chi connectivity index (χ1v) is 3.91. The molecule has 2 rings (SSSR count). The number of hydrogen-bond acceptors (Lipinski definition) is 2. The Morgan fingerprint density at radius 3 is 3.00 bits per heavy atom. The summed E-state index contributed by atoms with van der Waals surface area (Å²) < 4.78 is 0. The van der Waals surface area contributed by atoms with Crippen LogP contribution in [0, 0.1) is 6.42 Å². The molecule has 0 saturated carbocycles. The first-order valence-electron chi connectivity index (χ1n) is 3.91. The van der Waals surface area contributed by atoms with E-state index in [2.05, 4.69) is 9.97 Å². The average Bonchev–Trinajstić information content (AvgIpc) is 2.17. The van der Waals surface area contributed by atoms with Gasteiger partial charge in [0.2, 0.25) is 0 Å². The van der Waals surface area contributed by atoms with Crippen molar-refractivity contribution in [2.24, 2.45) is 0 Å². The van der Waals surface area contributed by atoms with Crippen LogP contribution in [0.1, 0.15) is 12.6 Å². The van der Waals surface area contributed by atoms with Gasteiger partial charge in [0.25, 0.3) is 0 Å². The molecule has 0 aliphatic carbocycles. The summed E-state index contributed by atoms with van der Waals surface area (Å²) in [4.78, 5) is 8.49. The minimum absolute atomic E-state index is 0.813. The third kappa shape index (κ3) is 1.16. The molecule has 0 aliphatic rings. The Hall–Kier alpha value is -1.44. The fraction of sp³-hybridized carbons (Fsp3) is 0.100. The fourth-order valence-electron chi connectivity index (χ4n) is 1.13. The zero-order chi connectivity index (χ0) is 8.39. The van der Waals surface area contributed by atoms with Crippen LogP contribution < -0.4 is 0 Å². The van der Waals surface area contributed by atoms with Crippen LogP contribution in [-0.4, -0.2) is 9.97 Å². The Balaban J connectivity index is 2.67. The summed E-state index contributed by atoms with van der Waals surface area (Å²) in [5.41, 5.74) is 1.79. The van der Waals surface area contributed by atoms with Gasteiger partial charge in [-0.15, -0.1) is 0 Å². The highest BCUT2D eigenvalue weighted by molar-refractivity contribution is 5.74. The second kappa shape index (κ2) is 2.89. The van der Waals surface area contributed by atoms with Crippen molar-refractivity contribution in [3.8, 4) is 0 Å². The van der Waals surface area contributed by atoms with E-state index in [0.29, 0.717) is 0 Å². The van der Waals surface area contributed by atoms with Crippen LogP contribution in [0.15, 0.2) is 30.5 Å². The molecule has 12 heavy (non-hydrogen) atoms. The number of pyridine rings is 2. The normalized spacial score (nSPS) is 10.4. The van der Waals surface area contributed by atoms with Gasteiger partial charge in [-0.1, -0.05) is 6.92 Å². The van der Waals surface area contributed by atoms with E-state index in [1.807, 2.05) is 37.6 Å². The van der Waals surface area contributed by atoms with Crippen molar-refractivity contribution in [2.75, 3.05) is 0 Å². The largest absolute Gasteiger partial charge is 0.237 e. The number of rotatable bonds is 1. The number of hydrogen-bond donors (Lipinski definition) is 0. The zero-order valence-electron chi connectivity index (χ0n) is 6.86. The fourth-order valence-corrected chi connectivity index (χ4v) is 1.13. The smallest absolute Gasteiger partial charge is 0.159 e. The maximum atomic E-state index is 4.33. The van der Waals surface area contributed by atoms with Gasteiger partial charge in [0, 0.05) is 23.7 Å². The van der Waals surface area contributed by atoms with Gasteiger partial charge in [-0.25, -0.2) is 9.97 Å². The maximum absolute atomic E-state index is 4.33. The van der Waals surface area contributed by atoms with Gasteiger partial charge >= 0.3 is 0 Å². The van der Waals surface area contributed by atoms with Crippen molar-refractivity contribution in [1.29, 1.82) is 0 Å². The molecular weight excluding hydrogens is 148 g/mol. The van der Waals surface area contributed by atoms with Crippen molar-refractivity contribution in [3.63, 3.8) is 0 Å². The van der Waals surface area contributed by atoms with Crippen LogP contribution in [0.3, 0.4) is 0 Å². The van der Waals surface area contributed by atoms with Crippen LogP contribution in [0.25, 0.3) is 11.0 Å². The molecule has 0 spiro atoms. The maximum Gasteiger partial charge on any atom is 0.159 e. The summed E-state index contributed by atoms with van der Waals surface area (Å²) in [5, 5.41) is 1.09. The van der Waals surface area contributed by atoms with E-state index >= 15 is 0 Å². The molecule has 0 amide bonds. The third-order valence-electron chi connectivity index (χ3n) is 1.78. The Labute approximate surface area is 71.3 Å². The lowest BCUT2D eigenvalue weighted by Gasteiger charge is -1.97. The van der Waals surface area contributed by atoms with Crippen LogP contribution in [-0.2, 0) is 0 Å². The second-order valence-electron chi connectivity index (χ2n) is 2.57. The molecule has 0 N–H and O–H groups in total. The molecular formula is C10H9N2. The van der Waals surface area contributed by atoms with Gasteiger partial charge in [-0.05, 0) is 24.3 Å². The average molecular weight is 157 g/mol. The molecule has 0 unspecified atom stereocenters. The van der Waals surface area contributed by atoms with Gasteiger partial charge in [-0.2, -0.15) is 0 Å². The summed E-state index contributed by atoms with van der Waals surface area (Å²) in [7, 11) is 0. The predicted molar refractivity (Wildman–Crippen MR) is 48.6 cm³/mol. The van der Waals surface area contributed by atoms with E-state index in [4.69, 9.17) is 0 Å². The van der Waals surface area contributed by atoms with E-state index in [1.54, 1.807) is 6.20 Å². The minimum Gasteiger partial charge on any atom is -0.237 e.